The van der Waals surface area contributed by atoms with E-state index in [-0.39, 0.29) is 17.4 Å². The van der Waals surface area contributed by atoms with E-state index in [0.29, 0.717) is 5.75 Å². The van der Waals surface area contributed by atoms with E-state index in [1.165, 1.54) is 6.07 Å². The van der Waals surface area contributed by atoms with Crippen molar-refractivity contribution in [1.29, 1.82) is 0 Å². The number of carbonyl (C=O) groups excluding carboxylic acids is 1. The van der Waals surface area contributed by atoms with Crippen LogP contribution in [0.5, 0.6) is 5.75 Å². The molecule has 0 spiro atoms. The molecule has 2 amide bonds. The first kappa shape index (κ1) is 18.9. The molecule has 0 radical (unpaired) electrons. The van der Waals surface area contributed by atoms with Crippen LogP contribution in [0, 0.1) is 0 Å². The average Bonchev–Trinajstić information content (AvgIpc) is 2.56. The highest BCUT2D eigenvalue weighted by Gasteiger charge is 2.34. The summed E-state index contributed by atoms with van der Waals surface area (Å²) in [7, 11) is 0. The summed E-state index contributed by atoms with van der Waals surface area (Å²) in [6.07, 6.45) is -3.88. The van der Waals surface area contributed by atoms with Crippen LogP contribution in [0.4, 0.5) is 23.7 Å². The molecule has 0 aliphatic carbocycles. The Balaban J connectivity index is 1.97. The number of halogens is 4. The lowest BCUT2D eigenvalue weighted by Crippen LogP contribution is -2.32. The monoisotopic (exact) mass is 372 g/mol. The molecule has 0 saturated heterocycles. The van der Waals surface area contributed by atoms with Crippen molar-refractivity contribution in [3.8, 4) is 5.75 Å². The van der Waals surface area contributed by atoms with Crippen molar-refractivity contribution in [2.45, 2.75) is 19.5 Å². The van der Waals surface area contributed by atoms with Crippen molar-refractivity contribution >= 4 is 23.3 Å². The maximum atomic E-state index is 13.0. The van der Waals surface area contributed by atoms with Gasteiger partial charge in [0.1, 0.15) is 5.75 Å². The van der Waals surface area contributed by atoms with Crippen LogP contribution >= 0.6 is 11.6 Å². The molecule has 0 unspecified atom stereocenters. The lowest BCUT2D eigenvalue weighted by Gasteiger charge is -2.15. The van der Waals surface area contributed by atoms with Gasteiger partial charge in [-0.25, -0.2) is 4.79 Å². The van der Waals surface area contributed by atoms with E-state index in [1.54, 1.807) is 12.1 Å². The van der Waals surface area contributed by atoms with Crippen LogP contribution in [0.15, 0.2) is 42.5 Å². The fourth-order valence-electron chi connectivity index (χ4n) is 2.14. The molecule has 0 aromatic heterocycles. The maximum absolute atomic E-state index is 13.0. The topological polar surface area (TPSA) is 50.4 Å². The van der Waals surface area contributed by atoms with Crippen molar-refractivity contribution in [3.05, 3.63) is 58.6 Å². The summed E-state index contributed by atoms with van der Waals surface area (Å²) in [6.45, 7) is 1.78. The predicted octanol–water partition coefficient (Wildman–Crippen LogP) is 5.08. The largest absolute Gasteiger partial charge is 0.473 e. The van der Waals surface area contributed by atoms with Crippen molar-refractivity contribution in [1.82, 2.24) is 5.32 Å². The molecule has 2 N–H and O–H groups in total. The summed E-state index contributed by atoms with van der Waals surface area (Å²) in [5.41, 5.74) is -0.447. The summed E-state index contributed by atoms with van der Waals surface area (Å²) in [6, 6.07) is 9.59. The number of aryl methyl sites for hydroxylation is 1. The molecule has 0 fully saturated rings. The number of nitrogens with one attached hydrogen (secondary N) is 2. The summed E-state index contributed by atoms with van der Waals surface area (Å²) in [5.74, 6) is 0.604. The van der Waals surface area contributed by atoms with Gasteiger partial charge >= 0.3 is 12.2 Å². The van der Waals surface area contributed by atoms with Gasteiger partial charge in [-0.05, 0) is 36.2 Å². The Labute approximate surface area is 147 Å². The number of anilines is 1. The molecule has 0 saturated carbocycles. The molecule has 25 heavy (non-hydrogen) atoms. The van der Waals surface area contributed by atoms with Crippen LogP contribution in [-0.4, -0.2) is 12.8 Å². The molecule has 2 aromatic carbocycles. The van der Waals surface area contributed by atoms with Crippen LogP contribution in [0.25, 0.3) is 0 Å². The second kappa shape index (κ2) is 8.11. The number of alkyl halides is 3. The van der Waals surface area contributed by atoms with Gasteiger partial charge in [0.2, 0.25) is 0 Å². The van der Waals surface area contributed by atoms with E-state index in [2.05, 4.69) is 10.6 Å². The van der Waals surface area contributed by atoms with Gasteiger partial charge in [-0.15, -0.1) is 0 Å². The van der Waals surface area contributed by atoms with E-state index in [9.17, 15) is 18.0 Å². The number of hydrogen-bond donors (Lipinski definition) is 2. The number of hydrogen-bond acceptors (Lipinski definition) is 2. The number of benzene rings is 2. The van der Waals surface area contributed by atoms with Crippen LogP contribution < -0.4 is 15.4 Å². The van der Waals surface area contributed by atoms with E-state index < -0.39 is 17.8 Å². The Morgan fingerprint density at radius 2 is 1.92 bits per heavy atom. The van der Waals surface area contributed by atoms with Gasteiger partial charge in [0.15, 0.2) is 6.73 Å². The first-order valence-corrected chi connectivity index (χ1v) is 7.81. The standard InChI is InChI=1S/C17H16ClF3N2O2/c1-2-11-5-3-4-6-15(11)25-10-22-16(24)23-14-8-7-12(18)9-13(14)17(19,20)21/h3-9H,2,10H2,1H3,(H2,22,23,24). The Bertz CT molecular complexity index is 751. The lowest BCUT2D eigenvalue weighted by molar-refractivity contribution is -0.136. The summed E-state index contributed by atoms with van der Waals surface area (Å²) in [5, 5.41) is 4.43. The number of urea groups is 1. The molecule has 0 atom stereocenters. The van der Waals surface area contributed by atoms with Gasteiger partial charge in [-0.3, -0.25) is 0 Å². The third-order valence-electron chi connectivity index (χ3n) is 3.35. The van der Waals surface area contributed by atoms with Crippen molar-refractivity contribution < 1.29 is 22.7 Å². The van der Waals surface area contributed by atoms with Crippen LogP contribution in [0.3, 0.4) is 0 Å². The van der Waals surface area contributed by atoms with Gasteiger partial charge < -0.3 is 15.4 Å². The molecule has 0 aliphatic heterocycles. The Hall–Kier alpha value is -2.41. The van der Waals surface area contributed by atoms with Gasteiger partial charge in [-0.2, -0.15) is 13.2 Å². The van der Waals surface area contributed by atoms with Crippen molar-refractivity contribution in [3.63, 3.8) is 0 Å². The molecular weight excluding hydrogens is 357 g/mol. The molecule has 2 aromatic rings. The van der Waals surface area contributed by atoms with Crippen LogP contribution in [0.2, 0.25) is 5.02 Å². The minimum Gasteiger partial charge on any atom is -0.473 e. The van der Waals surface area contributed by atoms with Crippen LogP contribution in [-0.2, 0) is 12.6 Å². The number of ether oxygens (including phenoxy) is 1. The highest BCUT2D eigenvalue weighted by atomic mass is 35.5. The molecular formula is C17H16ClF3N2O2. The zero-order chi connectivity index (χ0) is 18.4. The highest BCUT2D eigenvalue weighted by molar-refractivity contribution is 6.30. The fraction of sp³-hybridized carbons (Fsp3) is 0.235. The SMILES string of the molecule is CCc1ccccc1OCNC(=O)Nc1ccc(Cl)cc1C(F)(F)F. The van der Waals surface area contributed by atoms with E-state index in [1.807, 2.05) is 19.1 Å². The predicted molar refractivity (Wildman–Crippen MR) is 89.9 cm³/mol. The van der Waals surface area contributed by atoms with Crippen molar-refractivity contribution in [2.24, 2.45) is 0 Å². The van der Waals surface area contributed by atoms with Gasteiger partial charge in [0.25, 0.3) is 0 Å². The summed E-state index contributed by atoms with van der Waals surface area (Å²) < 4.78 is 44.4. The van der Waals surface area contributed by atoms with Gasteiger partial charge in [-0.1, -0.05) is 36.7 Å². The van der Waals surface area contributed by atoms with E-state index in [4.69, 9.17) is 16.3 Å². The van der Waals surface area contributed by atoms with Gasteiger partial charge in [0.05, 0.1) is 11.3 Å². The van der Waals surface area contributed by atoms with E-state index in [0.717, 1.165) is 24.1 Å². The quantitative estimate of drug-likeness (QED) is 0.719. The first-order valence-electron chi connectivity index (χ1n) is 7.43. The Kier molecular flexibility index (Phi) is 6.14. The second-order valence-corrected chi connectivity index (χ2v) is 5.50. The number of rotatable bonds is 5. The zero-order valence-corrected chi connectivity index (χ0v) is 14.0. The Morgan fingerprint density at radius 1 is 1.20 bits per heavy atom. The molecule has 4 nitrogen and oxygen atoms in total. The number of amides is 2. The fourth-order valence-corrected chi connectivity index (χ4v) is 2.31. The minimum absolute atomic E-state index is 0.0715. The normalized spacial score (nSPS) is 11.1. The van der Waals surface area contributed by atoms with Gasteiger partial charge in [0, 0.05) is 5.02 Å². The van der Waals surface area contributed by atoms with Crippen LogP contribution in [0.1, 0.15) is 18.1 Å². The molecule has 8 heteroatoms. The lowest BCUT2D eigenvalue weighted by atomic mass is 10.1. The average molecular weight is 373 g/mol. The smallest absolute Gasteiger partial charge is 0.418 e. The van der Waals surface area contributed by atoms with Crippen molar-refractivity contribution in [2.75, 3.05) is 12.0 Å². The number of para-hydroxylation sites is 1. The molecule has 0 bridgehead atoms. The zero-order valence-electron chi connectivity index (χ0n) is 13.3. The first-order chi connectivity index (χ1) is 11.8. The highest BCUT2D eigenvalue weighted by Crippen LogP contribution is 2.36. The summed E-state index contributed by atoms with van der Waals surface area (Å²) >= 11 is 5.59. The number of carbonyl (C=O) groups is 1. The maximum Gasteiger partial charge on any atom is 0.418 e. The third-order valence-corrected chi connectivity index (χ3v) is 3.58. The third kappa shape index (κ3) is 5.29. The second-order valence-electron chi connectivity index (χ2n) is 5.07. The molecule has 0 aliphatic rings. The van der Waals surface area contributed by atoms with E-state index >= 15 is 0 Å². The summed E-state index contributed by atoms with van der Waals surface area (Å²) in [4.78, 5) is 11.8. The Morgan fingerprint density at radius 3 is 2.60 bits per heavy atom. The molecule has 0 heterocycles. The minimum atomic E-state index is -4.63. The molecule has 2 rings (SSSR count). The molecule has 134 valence electrons.